The minimum atomic E-state index is -0.234. The number of hydrogen-bond donors (Lipinski definition) is 1. The van der Waals surface area contributed by atoms with E-state index in [1.165, 1.54) is 25.0 Å². The van der Waals surface area contributed by atoms with Crippen LogP contribution in [0.4, 0.5) is 4.39 Å². The Balaban J connectivity index is 1.47. The largest absolute Gasteiger partial charge is 0.492 e. The normalized spacial score (nSPS) is 17.4. The third kappa shape index (κ3) is 4.21. The molecule has 0 saturated carbocycles. The van der Waals surface area contributed by atoms with E-state index in [1.54, 1.807) is 12.1 Å². The number of nitrogens with one attached hydrogen (secondary N) is 1. The number of hydrogen-bond acceptors (Lipinski definition) is 3. The Hall–Kier alpha value is -2.07. The minimum absolute atomic E-state index is 0.234. The van der Waals surface area contributed by atoms with Gasteiger partial charge in [0, 0.05) is 6.04 Å². The Bertz CT molecular complexity index is 577. The van der Waals surface area contributed by atoms with Gasteiger partial charge in [-0.1, -0.05) is 12.1 Å². The summed E-state index contributed by atoms with van der Waals surface area (Å²) in [4.78, 5) is 0. The number of rotatable bonds is 6. The fraction of sp³-hybridized carbons (Fsp3) is 0.333. The van der Waals surface area contributed by atoms with Crippen LogP contribution in [0.3, 0.4) is 0 Å². The Morgan fingerprint density at radius 2 is 1.64 bits per heavy atom. The van der Waals surface area contributed by atoms with Crippen molar-refractivity contribution in [2.75, 3.05) is 13.2 Å². The van der Waals surface area contributed by atoms with Crippen molar-refractivity contribution in [3.63, 3.8) is 0 Å². The van der Waals surface area contributed by atoms with Gasteiger partial charge in [-0.05, 0) is 61.3 Å². The molecular formula is C18H20FNO2. The lowest BCUT2D eigenvalue weighted by Crippen LogP contribution is -2.28. The zero-order chi connectivity index (χ0) is 15.2. The standard InChI is InChI=1S/C18H20FNO2/c19-15-5-3-14(4-6-15)12-21-17-7-9-18(10-8-17)22-13-16-2-1-11-20-16/h3-10,16,20H,1-2,11-13H2/t16-/m1/s1. The Labute approximate surface area is 130 Å². The number of ether oxygens (including phenoxy) is 2. The van der Waals surface area contributed by atoms with E-state index in [2.05, 4.69) is 5.32 Å². The lowest BCUT2D eigenvalue weighted by atomic mass is 10.2. The second-order valence-corrected chi connectivity index (χ2v) is 5.49. The zero-order valence-corrected chi connectivity index (χ0v) is 12.4. The van der Waals surface area contributed by atoms with E-state index >= 15 is 0 Å². The van der Waals surface area contributed by atoms with Crippen molar-refractivity contribution in [3.8, 4) is 11.5 Å². The summed E-state index contributed by atoms with van der Waals surface area (Å²) in [5, 5.41) is 3.40. The first kappa shape index (κ1) is 14.9. The third-order valence-electron chi connectivity index (χ3n) is 3.76. The van der Waals surface area contributed by atoms with Crippen LogP contribution in [0.1, 0.15) is 18.4 Å². The van der Waals surface area contributed by atoms with Gasteiger partial charge in [0.25, 0.3) is 0 Å². The summed E-state index contributed by atoms with van der Waals surface area (Å²) in [5.41, 5.74) is 0.939. The van der Waals surface area contributed by atoms with Gasteiger partial charge in [-0.15, -0.1) is 0 Å². The van der Waals surface area contributed by atoms with Crippen LogP contribution in [-0.2, 0) is 6.61 Å². The maximum atomic E-state index is 12.8. The van der Waals surface area contributed by atoms with Gasteiger partial charge >= 0.3 is 0 Å². The fourth-order valence-corrected chi connectivity index (χ4v) is 2.48. The van der Waals surface area contributed by atoms with Crippen LogP contribution < -0.4 is 14.8 Å². The lowest BCUT2D eigenvalue weighted by Gasteiger charge is -2.12. The molecule has 4 heteroatoms. The molecule has 116 valence electrons. The van der Waals surface area contributed by atoms with Gasteiger partial charge in [0.15, 0.2) is 0 Å². The van der Waals surface area contributed by atoms with Crippen LogP contribution >= 0.6 is 0 Å². The molecule has 0 aromatic heterocycles. The zero-order valence-electron chi connectivity index (χ0n) is 12.4. The van der Waals surface area contributed by atoms with Gasteiger partial charge in [-0.2, -0.15) is 0 Å². The fourth-order valence-electron chi connectivity index (χ4n) is 2.48. The van der Waals surface area contributed by atoms with Gasteiger partial charge in [-0.3, -0.25) is 0 Å². The van der Waals surface area contributed by atoms with Crippen molar-refractivity contribution in [3.05, 3.63) is 59.9 Å². The SMILES string of the molecule is Fc1ccc(COc2ccc(OC[C@H]3CCCN3)cc2)cc1. The van der Waals surface area contributed by atoms with E-state index in [-0.39, 0.29) is 5.82 Å². The van der Waals surface area contributed by atoms with Crippen LogP contribution in [0.15, 0.2) is 48.5 Å². The Morgan fingerprint density at radius 1 is 0.955 bits per heavy atom. The predicted octanol–water partition coefficient (Wildman–Crippen LogP) is 3.54. The van der Waals surface area contributed by atoms with Gasteiger partial charge in [0.1, 0.15) is 30.5 Å². The van der Waals surface area contributed by atoms with Crippen molar-refractivity contribution >= 4 is 0 Å². The van der Waals surface area contributed by atoms with Crippen LogP contribution in [0, 0.1) is 5.82 Å². The van der Waals surface area contributed by atoms with Gasteiger partial charge in [0.2, 0.25) is 0 Å². The molecule has 1 saturated heterocycles. The van der Waals surface area contributed by atoms with Crippen LogP contribution in [-0.4, -0.2) is 19.2 Å². The first-order valence-corrected chi connectivity index (χ1v) is 7.63. The summed E-state index contributed by atoms with van der Waals surface area (Å²) in [6.07, 6.45) is 2.41. The number of halogens is 1. The highest BCUT2D eigenvalue weighted by Gasteiger charge is 2.14. The molecular weight excluding hydrogens is 281 g/mol. The Morgan fingerprint density at radius 3 is 2.27 bits per heavy atom. The monoisotopic (exact) mass is 301 g/mol. The molecule has 3 nitrogen and oxygen atoms in total. The van der Waals surface area contributed by atoms with Gasteiger partial charge in [-0.25, -0.2) is 4.39 Å². The maximum absolute atomic E-state index is 12.8. The molecule has 0 amide bonds. The second kappa shape index (κ2) is 7.27. The van der Waals surface area contributed by atoms with E-state index in [1.807, 2.05) is 24.3 Å². The Kier molecular flexibility index (Phi) is 4.91. The van der Waals surface area contributed by atoms with Crippen molar-refractivity contribution in [1.82, 2.24) is 5.32 Å². The van der Waals surface area contributed by atoms with E-state index in [0.29, 0.717) is 19.3 Å². The molecule has 0 radical (unpaired) electrons. The summed E-state index contributed by atoms with van der Waals surface area (Å²) >= 11 is 0. The average molecular weight is 301 g/mol. The number of benzene rings is 2. The predicted molar refractivity (Wildman–Crippen MR) is 83.7 cm³/mol. The van der Waals surface area contributed by atoms with Crippen molar-refractivity contribution in [2.45, 2.75) is 25.5 Å². The molecule has 1 fully saturated rings. The molecule has 3 rings (SSSR count). The molecule has 1 aliphatic rings. The average Bonchev–Trinajstić information content (AvgIpc) is 3.07. The molecule has 1 atom stereocenters. The summed E-state index contributed by atoms with van der Waals surface area (Å²) in [6.45, 7) is 2.21. The summed E-state index contributed by atoms with van der Waals surface area (Å²) in [6, 6.07) is 14.4. The third-order valence-corrected chi connectivity index (χ3v) is 3.76. The van der Waals surface area contributed by atoms with E-state index in [4.69, 9.17) is 9.47 Å². The lowest BCUT2D eigenvalue weighted by molar-refractivity contribution is 0.275. The van der Waals surface area contributed by atoms with Crippen molar-refractivity contribution in [2.24, 2.45) is 0 Å². The molecule has 1 heterocycles. The molecule has 0 unspecified atom stereocenters. The van der Waals surface area contributed by atoms with Crippen LogP contribution in [0.2, 0.25) is 0 Å². The smallest absolute Gasteiger partial charge is 0.123 e. The van der Waals surface area contributed by atoms with Gasteiger partial charge in [0.05, 0.1) is 0 Å². The highest BCUT2D eigenvalue weighted by Crippen LogP contribution is 2.19. The molecule has 0 bridgehead atoms. The quantitative estimate of drug-likeness (QED) is 0.885. The minimum Gasteiger partial charge on any atom is -0.492 e. The van der Waals surface area contributed by atoms with E-state index in [9.17, 15) is 4.39 Å². The molecule has 0 aliphatic carbocycles. The van der Waals surface area contributed by atoms with Crippen molar-refractivity contribution < 1.29 is 13.9 Å². The summed E-state index contributed by atoms with van der Waals surface area (Å²) < 4.78 is 24.3. The van der Waals surface area contributed by atoms with Gasteiger partial charge < -0.3 is 14.8 Å². The van der Waals surface area contributed by atoms with Crippen molar-refractivity contribution in [1.29, 1.82) is 0 Å². The van der Waals surface area contributed by atoms with Crippen LogP contribution in [0.5, 0.6) is 11.5 Å². The molecule has 1 N–H and O–H groups in total. The topological polar surface area (TPSA) is 30.5 Å². The second-order valence-electron chi connectivity index (χ2n) is 5.49. The summed E-state index contributed by atoms with van der Waals surface area (Å²) in [7, 11) is 0. The first-order chi connectivity index (χ1) is 10.8. The molecule has 22 heavy (non-hydrogen) atoms. The molecule has 2 aromatic carbocycles. The van der Waals surface area contributed by atoms with Crippen LogP contribution in [0.25, 0.3) is 0 Å². The van der Waals surface area contributed by atoms with E-state index < -0.39 is 0 Å². The maximum Gasteiger partial charge on any atom is 0.123 e. The highest BCUT2D eigenvalue weighted by molar-refractivity contribution is 5.31. The highest BCUT2D eigenvalue weighted by atomic mass is 19.1. The molecule has 1 aliphatic heterocycles. The molecule has 2 aromatic rings. The van der Waals surface area contributed by atoms with E-state index in [0.717, 1.165) is 23.6 Å². The molecule has 0 spiro atoms. The summed E-state index contributed by atoms with van der Waals surface area (Å²) in [5.74, 6) is 1.39. The first-order valence-electron chi connectivity index (χ1n) is 7.63.